The van der Waals surface area contributed by atoms with E-state index in [0.29, 0.717) is 11.6 Å². The summed E-state index contributed by atoms with van der Waals surface area (Å²) in [5, 5.41) is 13.4. The lowest BCUT2D eigenvalue weighted by Gasteiger charge is -2.31. The molecule has 4 aromatic rings. The molecule has 44 heavy (non-hydrogen) atoms. The lowest BCUT2D eigenvalue weighted by Crippen LogP contribution is -2.51. The molecule has 14 heteroatoms. The van der Waals surface area contributed by atoms with Gasteiger partial charge >= 0.3 is 6.18 Å². The number of nitrogens with one attached hydrogen (secondary N) is 1. The van der Waals surface area contributed by atoms with Crippen molar-refractivity contribution in [2.45, 2.75) is 42.9 Å². The monoisotopic (exact) mass is 613 g/mol. The third-order valence-corrected chi connectivity index (χ3v) is 8.15. The predicted octanol–water partition coefficient (Wildman–Crippen LogP) is 3.74. The number of imidazole rings is 1. The van der Waals surface area contributed by atoms with Crippen LogP contribution in [0.4, 0.5) is 17.6 Å². The van der Waals surface area contributed by atoms with E-state index in [1.54, 1.807) is 10.6 Å². The number of methoxy groups -OCH3 is 1. The van der Waals surface area contributed by atoms with E-state index in [1.807, 2.05) is 0 Å². The summed E-state index contributed by atoms with van der Waals surface area (Å²) in [6.45, 7) is -0.239. The number of rotatable bonds is 8. The molecular weight excluding hydrogens is 586 g/mol. The number of amides is 2. The normalized spacial score (nSPS) is 19.2. The van der Waals surface area contributed by atoms with E-state index < -0.39 is 47.1 Å². The number of nitrogens with two attached hydrogens (primary N) is 1. The van der Waals surface area contributed by atoms with Crippen LogP contribution in [0.3, 0.4) is 0 Å². The van der Waals surface area contributed by atoms with Gasteiger partial charge in [-0.25, -0.2) is 14.4 Å². The van der Waals surface area contributed by atoms with E-state index in [2.05, 4.69) is 15.3 Å². The first-order valence-electron chi connectivity index (χ1n) is 13.6. The van der Waals surface area contributed by atoms with Crippen molar-refractivity contribution in [2.24, 2.45) is 5.73 Å². The van der Waals surface area contributed by atoms with Gasteiger partial charge in [0.15, 0.2) is 11.4 Å². The second-order valence-corrected chi connectivity index (χ2v) is 11.2. The van der Waals surface area contributed by atoms with Crippen LogP contribution in [-0.2, 0) is 15.8 Å². The number of hydrogen-bond acceptors (Lipinski definition) is 7. The summed E-state index contributed by atoms with van der Waals surface area (Å²) in [7, 11) is 1.38. The number of aromatic nitrogens is 3. The maximum absolute atomic E-state index is 14.7. The second kappa shape index (κ2) is 10.2. The molecule has 1 aromatic carbocycles. The van der Waals surface area contributed by atoms with Crippen molar-refractivity contribution in [3.63, 3.8) is 0 Å². The number of alkyl halides is 3. The van der Waals surface area contributed by atoms with Crippen molar-refractivity contribution in [1.82, 2.24) is 19.7 Å². The molecular formula is C30H27F4N5O5. The van der Waals surface area contributed by atoms with E-state index in [1.165, 1.54) is 38.4 Å². The molecule has 6 rings (SSSR count). The lowest BCUT2D eigenvalue weighted by atomic mass is 9.81. The predicted molar refractivity (Wildman–Crippen MR) is 148 cm³/mol. The summed E-state index contributed by atoms with van der Waals surface area (Å²) >= 11 is 0. The Morgan fingerprint density at radius 1 is 1.18 bits per heavy atom. The summed E-state index contributed by atoms with van der Waals surface area (Å²) in [6, 6.07) is 6.94. The highest BCUT2D eigenvalue weighted by atomic mass is 19.4. The first-order valence-corrected chi connectivity index (χ1v) is 13.6. The Labute approximate surface area is 247 Å². The van der Waals surface area contributed by atoms with E-state index in [4.69, 9.17) is 15.2 Å². The molecule has 0 unspecified atom stereocenters. The van der Waals surface area contributed by atoms with Gasteiger partial charge in [0.2, 0.25) is 11.5 Å². The quantitative estimate of drug-likeness (QED) is 0.257. The average molecular weight is 614 g/mol. The van der Waals surface area contributed by atoms with Gasteiger partial charge in [-0.3, -0.25) is 9.59 Å². The lowest BCUT2D eigenvalue weighted by molar-refractivity contribution is -0.265. The first-order chi connectivity index (χ1) is 20.7. The zero-order chi connectivity index (χ0) is 31.6. The van der Waals surface area contributed by atoms with Crippen molar-refractivity contribution in [2.75, 3.05) is 20.3 Å². The van der Waals surface area contributed by atoms with Gasteiger partial charge in [0, 0.05) is 29.4 Å². The van der Waals surface area contributed by atoms with Crippen LogP contribution in [-0.4, -0.2) is 57.7 Å². The molecule has 1 aliphatic heterocycles. The maximum Gasteiger partial charge on any atom is 0.424 e. The molecule has 4 N–H and O–H groups in total. The van der Waals surface area contributed by atoms with E-state index in [-0.39, 0.29) is 40.5 Å². The van der Waals surface area contributed by atoms with Crippen molar-refractivity contribution in [3.05, 3.63) is 77.1 Å². The second-order valence-electron chi connectivity index (χ2n) is 11.2. The highest BCUT2D eigenvalue weighted by Gasteiger charge is 2.57. The Kier molecular flexibility index (Phi) is 6.79. The number of nitrogens with zero attached hydrogens (tertiary/aromatic N) is 3. The SMILES string of the molecule is COc1cc(C(=O)NC[C@](O)(c2cc3c(c(-c4ccc(F)cc4)n2)OC[C@]3(C)C(N)=O)C(F)(F)F)cn2cc(C3CC3)nc12. The molecule has 2 amide bonds. The first kappa shape index (κ1) is 29.4. The van der Waals surface area contributed by atoms with Gasteiger partial charge in [0.25, 0.3) is 5.91 Å². The van der Waals surface area contributed by atoms with Crippen LogP contribution in [0.1, 0.15) is 53.0 Å². The fourth-order valence-corrected chi connectivity index (χ4v) is 5.19. The summed E-state index contributed by atoms with van der Waals surface area (Å²) in [6.07, 6.45) is -0.231. The standard InChI is InChI=1S/C30H27F4N5O5/c1-28(27(35)41)14-44-24-19(28)10-22(38-23(24)16-5-7-18(31)8-6-16)29(42,30(32,33)34)13-36-26(40)17-9-21(43-2)25-37-20(15-3-4-15)12-39(25)11-17/h5-12,15,42H,3-4,13-14H2,1-2H3,(H2,35,41)(H,36,40)/t28-,29-/m0/s1. The van der Waals surface area contributed by atoms with Crippen molar-refractivity contribution in [1.29, 1.82) is 0 Å². The summed E-state index contributed by atoms with van der Waals surface area (Å²) in [5.41, 5.74) is 0.584. The molecule has 0 bridgehead atoms. The molecule has 0 spiro atoms. The highest BCUT2D eigenvalue weighted by Crippen LogP contribution is 2.48. The van der Waals surface area contributed by atoms with E-state index in [0.717, 1.165) is 36.7 Å². The van der Waals surface area contributed by atoms with Gasteiger partial charge < -0.3 is 30.0 Å². The number of ether oxygens (including phenoxy) is 2. The van der Waals surface area contributed by atoms with Gasteiger partial charge in [0.1, 0.15) is 29.3 Å². The zero-order valence-electron chi connectivity index (χ0n) is 23.5. The van der Waals surface area contributed by atoms with Crippen molar-refractivity contribution >= 4 is 17.5 Å². The third-order valence-electron chi connectivity index (χ3n) is 8.15. The number of benzene rings is 1. The van der Waals surface area contributed by atoms with Crippen LogP contribution in [0.2, 0.25) is 0 Å². The average Bonchev–Trinajstić information content (AvgIpc) is 3.65. The number of carbonyl (C=O) groups excluding carboxylic acids is 2. The molecule has 1 saturated carbocycles. The van der Waals surface area contributed by atoms with Crippen molar-refractivity contribution < 1.29 is 41.7 Å². The number of fused-ring (bicyclic) bond motifs is 2. The molecule has 2 atom stereocenters. The molecule has 10 nitrogen and oxygen atoms in total. The minimum Gasteiger partial charge on any atom is -0.493 e. The molecule has 1 fully saturated rings. The zero-order valence-corrected chi connectivity index (χ0v) is 23.5. The molecule has 3 aromatic heterocycles. The summed E-state index contributed by atoms with van der Waals surface area (Å²) in [5.74, 6) is -1.89. The van der Waals surface area contributed by atoms with Crippen LogP contribution in [0, 0.1) is 5.82 Å². The van der Waals surface area contributed by atoms with Gasteiger partial charge in [-0.2, -0.15) is 13.2 Å². The number of primary amides is 1. The topological polar surface area (TPSA) is 141 Å². The van der Waals surface area contributed by atoms with Gasteiger partial charge in [-0.1, -0.05) is 0 Å². The number of carbonyl (C=O) groups is 2. The minimum atomic E-state index is -5.35. The Morgan fingerprint density at radius 3 is 2.50 bits per heavy atom. The van der Waals surface area contributed by atoms with Gasteiger partial charge in [-0.15, -0.1) is 0 Å². The van der Waals surface area contributed by atoms with Crippen LogP contribution < -0.4 is 20.5 Å². The van der Waals surface area contributed by atoms with Crippen LogP contribution in [0.5, 0.6) is 11.5 Å². The Bertz CT molecular complexity index is 1800. The van der Waals surface area contributed by atoms with Gasteiger partial charge in [-0.05, 0) is 56.2 Å². The van der Waals surface area contributed by atoms with Crippen LogP contribution >= 0.6 is 0 Å². The highest BCUT2D eigenvalue weighted by molar-refractivity contribution is 5.95. The smallest absolute Gasteiger partial charge is 0.424 e. The maximum atomic E-state index is 14.7. The van der Waals surface area contributed by atoms with E-state index >= 15 is 0 Å². The van der Waals surface area contributed by atoms with Crippen molar-refractivity contribution in [3.8, 4) is 22.8 Å². The Morgan fingerprint density at radius 2 is 1.89 bits per heavy atom. The molecule has 2 aliphatic rings. The Hall–Kier alpha value is -4.72. The molecule has 4 heterocycles. The Balaban J connectivity index is 1.40. The van der Waals surface area contributed by atoms with Crippen LogP contribution in [0.15, 0.2) is 48.8 Å². The van der Waals surface area contributed by atoms with Gasteiger partial charge in [0.05, 0.1) is 30.6 Å². The third kappa shape index (κ3) is 4.78. The fraction of sp³-hybridized carbons (Fsp3) is 0.333. The molecule has 0 saturated heterocycles. The molecule has 0 radical (unpaired) electrons. The number of pyridine rings is 2. The van der Waals surface area contributed by atoms with Crippen LogP contribution in [0.25, 0.3) is 16.9 Å². The number of hydrogen-bond donors (Lipinski definition) is 3. The number of aliphatic hydroxyl groups is 1. The summed E-state index contributed by atoms with van der Waals surface area (Å²) in [4.78, 5) is 34.2. The molecule has 230 valence electrons. The largest absolute Gasteiger partial charge is 0.493 e. The van der Waals surface area contributed by atoms with E-state index in [9.17, 15) is 32.3 Å². The molecule has 1 aliphatic carbocycles. The summed E-state index contributed by atoms with van der Waals surface area (Å²) < 4.78 is 70.4. The number of halogens is 4. The fourth-order valence-electron chi connectivity index (χ4n) is 5.19. The minimum absolute atomic E-state index is 0.0264.